The SMILES string of the molecule is Cc1cn(C2CC(O)C(CSP([O-])(=S)OC3CC(n4cnc5c(N)ncnc54)OC3CO)O2)c(=O)[nH]c1=O. The molecule has 3 aromatic rings. The van der Waals surface area contributed by atoms with Crippen molar-refractivity contribution in [3.63, 3.8) is 0 Å². The van der Waals surface area contributed by atoms with Crippen LogP contribution in [0.3, 0.4) is 0 Å². The number of nitrogens with two attached hydrogens (primary N) is 1. The van der Waals surface area contributed by atoms with Crippen LogP contribution >= 0.6 is 17.1 Å². The van der Waals surface area contributed by atoms with Gasteiger partial charge in [0.15, 0.2) is 11.5 Å². The van der Waals surface area contributed by atoms with Crippen molar-refractivity contribution in [2.75, 3.05) is 18.1 Å². The molecule has 5 rings (SSSR count). The van der Waals surface area contributed by atoms with Gasteiger partial charge < -0.3 is 34.8 Å². The van der Waals surface area contributed by atoms with Gasteiger partial charge >= 0.3 is 5.69 Å². The molecule has 2 aliphatic rings. The summed E-state index contributed by atoms with van der Waals surface area (Å²) < 4.78 is 20.3. The largest absolute Gasteiger partial charge is 0.793 e. The second-order valence-electron chi connectivity index (χ2n) is 8.93. The quantitative estimate of drug-likeness (QED) is 0.231. The standard InChI is InChI=1S/C20H26N7O8PS2/c1-9-4-26(20(31)25-19(9)30)14-2-10(29)13(34-14)6-38-36(32,37)35-11-3-15(33-12(11)5-28)27-8-24-16-17(21)22-7-23-18(16)27/h4,7-8,10-15,28-29H,2-3,5-6H2,1H3,(H,32,37)(H2,21,22,23)(H,25,30,31)/p-1. The number of aryl methyl sites for hydroxylation is 1. The number of H-pyrrole nitrogens is 1. The van der Waals surface area contributed by atoms with E-state index in [9.17, 15) is 24.7 Å². The molecule has 15 nitrogen and oxygen atoms in total. The van der Waals surface area contributed by atoms with Crippen molar-refractivity contribution in [2.24, 2.45) is 0 Å². The third kappa shape index (κ3) is 5.43. The summed E-state index contributed by atoms with van der Waals surface area (Å²) in [6.45, 7) is 1.15. The molecule has 7 unspecified atom stereocenters. The summed E-state index contributed by atoms with van der Waals surface area (Å²) in [5.74, 6) is 0.238. The Bertz CT molecular complexity index is 1500. The van der Waals surface area contributed by atoms with E-state index in [4.69, 9.17) is 31.5 Å². The van der Waals surface area contributed by atoms with Crippen LogP contribution in [0, 0.1) is 6.92 Å². The Balaban J connectivity index is 1.22. The lowest BCUT2D eigenvalue weighted by molar-refractivity contribution is -0.180. The third-order valence-corrected chi connectivity index (χ3v) is 10.6. The minimum atomic E-state index is -3.71. The number of anilines is 1. The zero-order chi connectivity index (χ0) is 27.2. The topological polar surface area (TPSA) is 216 Å². The Morgan fingerprint density at radius 1 is 1.26 bits per heavy atom. The molecule has 2 saturated heterocycles. The summed E-state index contributed by atoms with van der Waals surface area (Å²) in [6.07, 6.45) is -0.321. The number of hydrogen-bond donors (Lipinski definition) is 4. The first kappa shape index (κ1) is 27.4. The lowest BCUT2D eigenvalue weighted by atomic mass is 10.2. The van der Waals surface area contributed by atoms with Gasteiger partial charge in [-0.05, 0) is 6.92 Å². The fourth-order valence-corrected chi connectivity index (χ4v) is 8.05. The number of rotatable bonds is 8. The number of fused-ring (bicyclic) bond motifs is 1. The highest BCUT2D eigenvalue weighted by Gasteiger charge is 2.40. The van der Waals surface area contributed by atoms with Crippen molar-refractivity contribution in [2.45, 2.75) is 56.6 Å². The molecular formula is C20H25N7O8PS2-. The minimum absolute atomic E-state index is 0.0265. The Hall–Kier alpha value is -2.21. The molecule has 38 heavy (non-hydrogen) atoms. The van der Waals surface area contributed by atoms with Crippen LogP contribution in [0.15, 0.2) is 28.4 Å². The summed E-state index contributed by atoms with van der Waals surface area (Å²) in [5, 5.41) is 20.3. The van der Waals surface area contributed by atoms with Crippen LogP contribution < -0.4 is 21.9 Å². The molecule has 0 radical (unpaired) electrons. The number of nitrogens with zero attached hydrogens (tertiary/aromatic N) is 5. The van der Waals surface area contributed by atoms with E-state index in [1.807, 2.05) is 0 Å². The number of imidazole rings is 1. The molecule has 0 amide bonds. The van der Waals surface area contributed by atoms with E-state index >= 15 is 0 Å². The normalized spacial score (nSPS) is 29.2. The molecule has 0 aliphatic carbocycles. The number of ether oxygens (including phenoxy) is 2. The number of hydrogen-bond acceptors (Lipinski definition) is 14. The van der Waals surface area contributed by atoms with Crippen LogP contribution in [-0.2, 0) is 25.8 Å². The molecule has 206 valence electrons. The molecule has 0 aromatic carbocycles. The van der Waals surface area contributed by atoms with Gasteiger partial charge in [-0.25, -0.2) is 19.7 Å². The van der Waals surface area contributed by atoms with Gasteiger partial charge in [-0.15, -0.1) is 11.4 Å². The van der Waals surface area contributed by atoms with Gasteiger partial charge in [-0.3, -0.25) is 18.9 Å². The van der Waals surface area contributed by atoms with E-state index in [1.54, 1.807) is 11.5 Å². The molecule has 5 N–H and O–H groups in total. The van der Waals surface area contributed by atoms with Gasteiger partial charge in [-0.1, -0.05) is 11.8 Å². The van der Waals surface area contributed by atoms with E-state index in [0.29, 0.717) is 16.7 Å². The highest BCUT2D eigenvalue weighted by molar-refractivity contribution is 8.67. The Labute approximate surface area is 223 Å². The maximum atomic E-state index is 13.2. The Morgan fingerprint density at radius 3 is 2.76 bits per heavy atom. The summed E-state index contributed by atoms with van der Waals surface area (Å²) in [6, 6.07) is 0. The van der Waals surface area contributed by atoms with Crippen LogP contribution in [0.25, 0.3) is 11.2 Å². The molecule has 3 aromatic heterocycles. The van der Waals surface area contributed by atoms with Gasteiger partial charge in [0, 0.05) is 36.0 Å². The summed E-state index contributed by atoms with van der Waals surface area (Å²) in [7, 11) is 0. The van der Waals surface area contributed by atoms with Crippen LogP contribution in [0.2, 0.25) is 0 Å². The first-order valence-corrected chi connectivity index (χ1v) is 15.8. The highest BCUT2D eigenvalue weighted by atomic mass is 32.9. The lowest BCUT2D eigenvalue weighted by Crippen LogP contribution is -2.33. The summed E-state index contributed by atoms with van der Waals surface area (Å²) >= 11 is 6.05. The minimum Gasteiger partial charge on any atom is -0.793 e. The van der Waals surface area contributed by atoms with Crippen molar-refractivity contribution in [1.82, 2.24) is 29.1 Å². The predicted octanol–water partition coefficient (Wildman–Crippen LogP) is -1.10. The van der Waals surface area contributed by atoms with Crippen molar-refractivity contribution in [3.05, 3.63) is 45.3 Å². The van der Waals surface area contributed by atoms with E-state index in [1.165, 1.54) is 23.4 Å². The predicted molar refractivity (Wildman–Crippen MR) is 138 cm³/mol. The second kappa shape index (κ2) is 10.7. The van der Waals surface area contributed by atoms with Crippen molar-refractivity contribution in [1.29, 1.82) is 0 Å². The molecule has 18 heteroatoms. The number of nitrogen functional groups attached to an aromatic ring is 1. The maximum Gasteiger partial charge on any atom is 0.330 e. The van der Waals surface area contributed by atoms with E-state index in [-0.39, 0.29) is 24.4 Å². The zero-order valence-electron chi connectivity index (χ0n) is 19.9. The van der Waals surface area contributed by atoms with Gasteiger partial charge in [0.1, 0.15) is 30.4 Å². The van der Waals surface area contributed by atoms with Gasteiger partial charge in [0.05, 0.1) is 31.2 Å². The molecule has 2 aliphatic heterocycles. The molecule has 0 bridgehead atoms. The Morgan fingerprint density at radius 2 is 2.00 bits per heavy atom. The van der Waals surface area contributed by atoms with Crippen LogP contribution in [-0.4, -0.2) is 76.1 Å². The van der Waals surface area contributed by atoms with Crippen LogP contribution in [0.1, 0.15) is 30.9 Å². The first-order chi connectivity index (χ1) is 18.1. The molecule has 0 saturated carbocycles. The summed E-state index contributed by atoms with van der Waals surface area (Å²) in [5.41, 5.74) is 2.13. The van der Waals surface area contributed by atoms with Gasteiger partial charge in [0.2, 0.25) is 0 Å². The van der Waals surface area contributed by atoms with Crippen molar-refractivity contribution >= 4 is 45.9 Å². The maximum absolute atomic E-state index is 13.2. The van der Waals surface area contributed by atoms with Gasteiger partial charge in [-0.2, -0.15) is 0 Å². The highest BCUT2D eigenvalue weighted by Crippen LogP contribution is 2.56. The van der Waals surface area contributed by atoms with E-state index in [0.717, 1.165) is 11.4 Å². The average molecular weight is 587 g/mol. The monoisotopic (exact) mass is 586 g/mol. The van der Waals surface area contributed by atoms with Crippen LogP contribution in [0.5, 0.6) is 0 Å². The first-order valence-electron chi connectivity index (χ1n) is 11.5. The fourth-order valence-electron chi connectivity index (χ4n) is 4.42. The molecule has 0 spiro atoms. The van der Waals surface area contributed by atoms with E-state index in [2.05, 4.69) is 19.9 Å². The zero-order valence-corrected chi connectivity index (χ0v) is 22.5. The van der Waals surface area contributed by atoms with Crippen molar-refractivity contribution < 1.29 is 29.1 Å². The van der Waals surface area contributed by atoms with Crippen LogP contribution in [0.4, 0.5) is 5.82 Å². The summed E-state index contributed by atoms with van der Waals surface area (Å²) in [4.78, 5) is 51.5. The second-order valence-corrected chi connectivity index (χ2v) is 15.0. The molecule has 7 atom stereocenters. The smallest absolute Gasteiger partial charge is 0.330 e. The Kier molecular flexibility index (Phi) is 7.74. The third-order valence-electron chi connectivity index (χ3n) is 6.38. The number of aromatic nitrogens is 6. The number of aliphatic hydroxyl groups excluding tert-OH is 2. The molecular weight excluding hydrogens is 561 g/mol. The van der Waals surface area contributed by atoms with Crippen molar-refractivity contribution in [3.8, 4) is 0 Å². The average Bonchev–Trinajstić information content (AvgIpc) is 3.57. The number of nitrogens with one attached hydrogen (secondary N) is 1. The number of aliphatic hydroxyl groups is 2. The fraction of sp³-hybridized carbons (Fsp3) is 0.550. The van der Waals surface area contributed by atoms with E-state index < -0.39 is 60.4 Å². The molecule has 2 fully saturated rings. The van der Waals surface area contributed by atoms with Gasteiger partial charge in [0.25, 0.3) is 5.56 Å². The lowest BCUT2D eigenvalue weighted by Gasteiger charge is -2.32. The molecule has 5 heterocycles. The number of aromatic amines is 1.